The van der Waals surface area contributed by atoms with Gasteiger partial charge in [0, 0.05) is 13.0 Å². The van der Waals surface area contributed by atoms with E-state index in [9.17, 15) is 9.90 Å². The third kappa shape index (κ3) is 6.39. The molecule has 18 heavy (non-hydrogen) atoms. The Hall–Kier alpha value is -0.570. The van der Waals surface area contributed by atoms with Crippen molar-refractivity contribution in [1.82, 2.24) is 5.32 Å². The van der Waals surface area contributed by atoms with Gasteiger partial charge in [-0.25, -0.2) is 0 Å². The molecule has 0 saturated heterocycles. The van der Waals surface area contributed by atoms with Crippen molar-refractivity contribution in [1.29, 1.82) is 0 Å². The van der Waals surface area contributed by atoms with Crippen LogP contribution in [0.2, 0.25) is 0 Å². The molecular formula is C15H29NO2. The summed E-state index contributed by atoms with van der Waals surface area (Å²) in [6, 6.07) is 0. The molecule has 0 spiro atoms. The molecule has 1 rings (SSSR count). The van der Waals surface area contributed by atoms with Crippen molar-refractivity contribution in [2.24, 2.45) is 11.8 Å². The molecule has 1 atom stereocenters. The lowest BCUT2D eigenvalue weighted by atomic mass is 9.96. The van der Waals surface area contributed by atoms with Crippen molar-refractivity contribution in [2.45, 2.75) is 71.3 Å². The van der Waals surface area contributed by atoms with Gasteiger partial charge in [-0.15, -0.1) is 0 Å². The molecule has 3 heteroatoms. The molecule has 0 bridgehead atoms. The minimum Gasteiger partial charge on any atom is -0.393 e. The fraction of sp³-hybridized carbons (Fsp3) is 0.933. The van der Waals surface area contributed by atoms with Crippen LogP contribution in [-0.2, 0) is 4.79 Å². The van der Waals surface area contributed by atoms with Crippen LogP contribution in [0.25, 0.3) is 0 Å². The van der Waals surface area contributed by atoms with Crippen LogP contribution in [0, 0.1) is 11.8 Å². The van der Waals surface area contributed by atoms with Crippen LogP contribution < -0.4 is 5.32 Å². The summed E-state index contributed by atoms with van der Waals surface area (Å²) in [6.07, 6.45) is 8.68. The Morgan fingerprint density at radius 3 is 2.39 bits per heavy atom. The highest BCUT2D eigenvalue weighted by Crippen LogP contribution is 2.25. The highest BCUT2D eigenvalue weighted by molar-refractivity contribution is 5.76. The zero-order valence-corrected chi connectivity index (χ0v) is 12.0. The summed E-state index contributed by atoms with van der Waals surface area (Å²) in [4.78, 5) is 11.8. The van der Waals surface area contributed by atoms with Gasteiger partial charge in [0.05, 0.1) is 6.10 Å². The summed E-state index contributed by atoms with van der Waals surface area (Å²) < 4.78 is 0. The number of nitrogens with one attached hydrogen (secondary N) is 1. The number of amides is 1. The quantitative estimate of drug-likeness (QED) is 0.717. The van der Waals surface area contributed by atoms with E-state index in [-0.39, 0.29) is 17.9 Å². The molecule has 2 N–H and O–H groups in total. The number of carbonyl (C=O) groups is 1. The molecule has 1 aliphatic carbocycles. The molecule has 106 valence electrons. The number of carbonyl (C=O) groups excluding carboxylic acids is 1. The first-order valence-electron chi connectivity index (χ1n) is 7.54. The Kier molecular flexibility index (Phi) is 7.33. The first kappa shape index (κ1) is 15.5. The first-order valence-corrected chi connectivity index (χ1v) is 7.54. The Morgan fingerprint density at radius 2 is 1.83 bits per heavy atom. The second kappa shape index (κ2) is 8.52. The standard InChI is InChI=1S/C15H29NO2/c1-12(2)14(17)9-10-16-15(18)11-13-7-5-3-4-6-8-13/h12-14,17H,3-11H2,1-2H3,(H,16,18). The van der Waals surface area contributed by atoms with Gasteiger partial charge in [0.1, 0.15) is 0 Å². The maximum Gasteiger partial charge on any atom is 0.220 e. The molecular weight excluding hydrogens is 226 g/mol. The van der Waals surface area contributed by atoms with Crippen molar-refractivity contribution in [3.8, 4) is 0 Å². The Bertz CT molecular complexity index is 233. The second-order valence-corrected chi connectivity index (χ2v) is 6.01. The minimum atomic E-state index is -0.303. The zero-order valence-electron chi connectivity index (χ0n) is 12.0. The summed E-state index contributed by atoms with van der Waals surface area (Å²) in [7, 11) is 0. The molecule has 0 aliphatic heterocycles. The van der Waals surface area contributed by atoms with Gasteiger partial charge in [-0.05, 0) is 31.1 Å². The van der Waals surface area contributed by atoms with Crippen molar-refractivity contribution in [3.05, 3.63) is 0 Å². The fourth-order valence-corrected chi connectivity index (χ4v) is 2.60. The van der Waals surface area contributed by atoms with Crippen LogP contribution in [-0.4, -0.2) is 23.7 Å². The van der Waals surface area contributed by atoms with Crippen LogP contribution in [0.3, 0.4) is 0 Å². The molecule has 1 saturated carbocycles. The molecule has 0 heterocycles. The van der Waals surface area contributed by atoms with E-state index in [0.717, 1.165) is 0 Å². The molecule has 0 aromatic rings. The van der Waals surface area contributed by atoms with Gasteiger partial charge in [-0.1, -0.05) is 39.5 Å². The summed E-state index contributed by atoms with van der Waals surface area (Å²) in [5, 5.41) is 12.6. The Balaban J connectivity index is 2.12. The maximum atomic E-state index is 11.8. The number of aliphatic hydroxyl groups excluding tert-OH is 1. The Morgan fingerprint density at radius 1 is 1.22 bits per heavy atom. The molecule has 0 aromatic carbocycles. The van der Waals surface area contributed by atoms with Gasteiger partial charge in [-0.3, -0.25) is 4.79 Å². The van der Waals surface area contributed by atoms with Crippen molar-refractivity contribution in [2.75, 3.05) is 6.54 Å². The van der Waals surface area contributed by atoms with E-state index in [1.807, 2.05) is 13.8 Å². The highest BCUT2D eigenvalue weighted by Gasteiger charge is 2.16. The normalized spacial score (nSPS) is 19.6. The predicted octanol–water partition coefficient (Wildman–Crippen LogP) is 2.87. The van der Waals surface area contributed by atoms with Gasteiger partial charge in [0.15, 0.2) is 0 Å². The molecule has 3 nitrogen and oxygen atoms in total. The van der Waals surface area contributed by atoms with E-state index in [2.05, 4.69) is 5.32 Å². The lowest BCUT2D eigenvalue weighted by molar-refractivity contribution is -0.122. The SMILES string of the molecule is CC(C)C(O)CCNC(=O)CC1CCCCCC1. The van der Waals surface area contributed by atoms with E-state index in [1.165, 1.54) is 38.5 Å². The minimum absolute atomic E-state index is 0.165. The molecule has 1 unspecified atom stereocenters. The monoisotopic (exact) mass is 255 g/mol. The van der Waals surface area contributed by atoms with Gasteiger partial charge in [-0.2, -0.15) is 0 Å². The molecule has 1 fully saturated rings. The van der Waals surface area contributed by atoms with E-state index in [0.29, 0.717) is 25.3 Å². The number of aliphatic hydroxyl groups is 1. The maximum absolute atomic E-state index is 11.8. The molecule has 1 aliphatic rings. The van der Waals surface area contributed by atoms with Gasteiger partial charge in [0.25, 0.3) is 0 Å². The number of rotatable bonds is 6. The summed E-state index contributed by atoms with van der Waals surface area (Å²) in [6.45, 7) is 4.60. The summed E-state index contributed by atoms with van der Waals surface area (Å²) in [5.41, 5.74) is 0. The van der Waals surface area contributed by atoms with E-state index >= 15 is 0 Å². The van der Waals surface area contributed by atoms with Gasteiger partial charge >= 0.3 is 0 Å². The predicted molar refractivity (Wildman–Crippen MR) is 74.3 cm³/mol. The lowest BCUT2D eigenvalue weighted by Gasteiger charge is -2.16. The van der Waals surface area contributed by atoms with Crippen molar-refractivity contribution >= 4 is 5.91 Å². The number of hydrogen-bond donors (Lipinski definition) is 2. The van der Waals surface area contributed by atoms with Crippen molar-refractivity contribution in [3.63, 3.8) is 0 Å². The zero-order chi connectivity index (χ0) is 13.4. The van der Waals surface area contributed by atoms with Crippen LogP contribution in [0.5, 0.6) is 0 Å². The second-order valence-electron chi connectivity index (χ2n) is 6.01. The largest absolute Gasteiger partial charge is 0.393 e. The summed E-state index contributed by atoms with van der Waals surface area (Å²) in [5.74, 6) is 1.02. The third-order valence-corrected chi connectivity index (χ3v) is 3.98. The number of hydrogen-bond acceptors (Lipinski definition) is 2. The molecule has 0 aromatic heterocycles. The van der Waals surface area contributed by atoms with Gasteiger partial charge in [0.2, 0.25) is 5.91 Å². The van der Waals surface area contributed by atoms with Crippen LogP contribution >= 0.6 is 0 Å². The topological polar surface area (TPSA) is 49.3 Å². The fourth-order valence-electron chi connectivity index (χ4n) is 2.60. The molecule has 1 amide bonds. The Labute approximate surface area is 111 Å². The van der Waals surface area contributed by atoms with E-state index in [1.54, 1.807) is 0 Å². The van der Waals surface area contributed by atoms with Crippen LogP contribution in [0.15, 0.2) is 0 Å². The average Bonchev–Trinajstić information content (AvgIpc) is 2.57. The highest BCUT2D eigenvalue weighted by atomic mass is 16.3. The van der Waals surface area contributed by atoms with Crippen molar-refractivity contribution < 1.29 is 9.90 Å². The lowest BCUT2D eigenvalue weighted by Crippen LogP contribution is -2.29. The smallest absolute Gasteiger partial charge is 0.220 e. The van der Waals surface area contributed by atoms with E-state index in [4.69, 9.17) is 0 Å². The first-order chi connectivity index (χ1) is 8.59. The molecule has 0 radical (unpaired) electrons. The third-order valence-electron chi connectivity index (χ3n) is 3.98. The average molecular weight is 255 g/mol. The van der Waals surface area contributed by atoms with Crippen LogP contribution in [0.4, 0.5) is 0 Å². The van der Waals surface area contributed by atoms with Crippen LogP contribution in [0.1, 0.15) is 65.2 Å². The van der Waals surface area contributed by atoms with Gasteiger partial charge < -0.3 is 10.4 Å². The van der Waals surface area contributed by atoms with E-state index < -0.39 is 0 Å². The summed E-state index contributed by atoms with van der Waals surface area (Å²) >= 11 is 0.